The molecule has 3 rings (SSSR count). The molecule has 1 aliphatic heterocycles. The molecule has 5 heteroatoms. The molecule has 1 aromatic carbocycles. The molecule has 2 aromatic rings. The van der Waals surface area contributed by atoms with E-state index in [2.05, 4.69) is 9.88 Å². The van der Waals surface area contributed by atoms with Crippen LogP contribution in [0.5, 0.6) is 0 Å². The van der Waals surface area contributed by atoms with E-state index < -0.39 is 0 Å². The number of nitrogens with zero attached hydrogens (tertiary/aromatic N) is 3. The number of benzene rings is 1. The van der Waals surface area contributed by atoms with Gasteiger partial charge in [-0.05, 0) is 36.6 Å². The van der Waals surface area contributed by atoms with Gasteiger partial charge in [-0.3, -0.25) is 4.79 Å². The molecule has 1 saturated heterocycles. The number of halogens is 1. The Morgan fingerprint density at radius 2 is 1.92 bits per heavy atom. The number of carbonyl (C=O) groups is 1. The average Bonchev–Trinajstić information content (AvgIpc) is 2.64. The van der Waals surface area contributed by atoms with Crippen molar-refractivity contribution in [3.8, 4) is 0 Å². The van der Waals surface area contributed by atoms with Crippen LogP contribution in [0.3, 0.4) is 0 Å². The van der Waals surface area contributed by atoms with Crippen molar-refractivity contribution in [1.82, 2.24) is 9.88 Å². The van der Waals surface area contributed by atoms with E-state index >= 15 is 0 Å². The number of anilines is 1. The Hall–Kier alpha value is -2.07. The van der Waals surface area contributed by atoms with E-state index in [-0.39, 0.29) is 11.9 Å². The Kier molecular flexibility index (Phi) is 5.36. The monoisotopic (exact) mass is 343 g/mol. The van der Waals surface area contributed by atoms with Crippen molar-refractivity contribution >= 4 is 23.3 Å². The number of pyridine rings is 1. The molecule has 0 radical (unpaired) electrons. The van der Waals surface area contributed by atoms with E-state index in [4.69, 9.17) is 11.6 Å². The second-order valence-corrected chi connectivity index (χ2v) is 6.59. The summed E-state index contributed by atoms with van der Waals surface area (Å²) in [6.45, 7) is 1.84. The standard InChI is InChI=1S/C19H22ClN3O/c1-22(19(24)14-15-6-2-3-7-17(15)20)16-9-12-23(13-10-16)18-8-4-5-11-21-18/h2-8,11,16H,9-10,12-14H2,1H3. The second-order valence-electron chi connectivity index (χ2n) is 6.18. The first-order chi connectivity index (χ1) is 11.6. The Morgan fingerprint density at radius 1 is 1.21 bits per heavy atom. The fourth-order valence-corrected chi connectivity index (χ4v) is 3.36. The molecule has 1 aliphatic rings. The summed E-state index contributed by atoms with van der Waals surface area (Å²) in [5, 5.41) is 0.657. The molecular weight excluding hydrogens is 322 g/mol. The maximum atomic E-state index is 12.6. The minimum Gasteiger partial charge on any atom is -0.356 e. The summed E-state index contributed by atoms with van der Waals surface area (Å²) in [6, 6.07) is 13.8. The summed E-state index contributed by atoms with van der Waals surface area (Å²) in [7, 11) is 1.90. The number of aromatic nitrogens is 1. The van der Waals surface area contributed by atoms with Crippen LogP contribution in [0.15, 0.2) is 48.7 Å². The SMILES string of the molecule is CN(C(=O)Cc1ccccc1Cl)C1CCN(c2ccccn2)CC1. The molecule has 0 aliphatic carbocycles. The lowest BCUT2D eigenvalue weighted by Crippen LogP contribution is -2.46. The molecule has 0 atom stereocenters. The van der Waals surface area contributed by atoms with E-state index in [1.807, 2.05) is 60.6 Å². The van der Waals surface area contributed by atoms with Crippen molar-refractivity contribution in [1.29, 1.82) is 0 Å². The van der Waals surface area contributed by atoms with Crippen molar-refractivity contribution in [2.75, 3.05) is 25.0 Å². The number of amides is 1. The quantitative estimate of drug-likeness (QED) is 0.853. The maximum Gasteiger partial charge on any atom is 0.227 e. The topological polar surface area (TPSA) is 36.4 Å². The van der Waals surface area contributed by atoms with Crippen molar-refractivity contribution in [2.45, 2.75) is 25.3 Å². The Morgan fingerprint density at radius 3 is 2.58 bits per heavy atom. The van der Waals surface area contributed by atoms with E-state index in [1.54, 1.807) is 0 Å². The summed E-state index contributed by atoms with van der Waals surface area (Å²) >= 11 is 6.16. The number of piperidine rings is 1. The van der Waals surface area contributed by atoms with Crippen LogP contribution in [0.1, 0.15) is 18.4 Å². The van der Waals surface area contributed by atoms with Crippen LogP contribution in [-0.4, -0.2) is 42.0 Å². The van der Waals surface area contributed by atoms with E-state index in [0.29, 0.717) is 11.4 Å². The minimum absolute atomic E-state index is 0.124. The van der Waals surface area contributed by atoms with Gasteiger partial charge in [-0.15, -0.1) is 0 Å². The highest BCUT2D eigenvalue weighted by Crippen LogP contribution is 2.22. The zero-order chi connectivity index (χ0) is 16.9. The Balaban J connectivity index is 1.56. The molecule has 2 heterocycles. The average molecular weight is 344 g/mol. The largest absolute Gasteiger partial charge is 0.356 e. The van der Waals surface area contributed by atoms with Gasteiger partial charge in [0.2, 0.25) is 5.91 Å². The van der Waals surface area contributed by atoms with Crippen molar-refractivity contribution in [3.63, 3.8) is 0 Å². The number of likely N-dealkylation sites (N-methyl/N-ethyl adjacent to an activating group) is 1. The van der Waals surface area contributed by atoms with Gasteiger partial charge in [0.15, 0.2) is 0 Å². The number of carbonyl (C=O) groups excluding carboxylic acids is 1. The van der Waals surface area contributed by atoms with Crippen LogP contribution in [0.4, 0.5) is 5.82 Å². The number of hydrogen-bond donors (Lipinski definition) is 0. The van der Waals surface area contributed by atoms with Gasteiger partial charge in [0.05, 0.1) is 6.42 Å². The number of hydrogen-bond acceptors (Lipinski definition) is 3. The smallest absolute Gasteiger partial charge is 0.227 e. The van der Waals surface area contributed by atoms with Gasteiger partial charge in [0, 0.05) is 37.4 Å². The van der Waals surface area contributed by atoms with Crippen LogP contribution in [-0.2, 0) is 11.2 Å². The van der Waals surface area contributed by atoms with Gasteiger partial charge in [0.1, 0.15) is 5.82 Å². The summed E-state index contributed by atoms with van der Waals surface area (Å²) < 4.78 is 0. The third-order valence-electron chi connectivity index (χ3n) is 4.68. The second kappa shape index (κ2) is 7.67. The van der Waals surface area contributed by atoms with Crippen molar-refractivity contribution < 1.29 is 4.79 Å². The predicted molar refractivity (Wildman–Crippen MR) is 97.4 cm³/mol. The van der Waals surface area contributed by atoms with Gasteiger partial charge in [0.25, 0.3) is 0 Å². The lowest BCUT2D eigenvalue weighted by molar-refractivity contribution is -0.131. The highest BCUT2D eigenvalue weighted by Gasteiger charge is 2.26. The van der Waals surface area contributed by atoms with Crippen molar-refractivity contribution in [2.24, 2.45) is 0 Å². The fraction of sp³-hybridized carbons (Fsp3) is 0.368. The van der Waals surface area contributed by atoms with E-state index in [0.717, 1.165) is 37.3 Å². The molecular formula is C19H22ClN3O. The molecule has 1 fully saturated rings. The molecule has 0 unspecified atom stereocenters. The summed E-state index contributed by atoms with van der Waals surface area (Å²) in [5.74, 6) is 1.14. The predicted octanol–water partition coefficient (Wildman–Crippen LogP) is 3.40. The van der Waals surface area contributed by atoms with Crippen LogP contribution in [0.25, 0.3) is 0 Å². The number of rotatable bonds is 4. The molecule has 0 spiro atoms. The third kappa shape index (κ3) is 3.88. The highest BCUT2D eigenvalue weighted by molar-refractivity contribution is 6.31. The maximum absolute atomic E-state index is 12.6. The summed E-state index contributed by atoms with van der Waals surface area (Å²) in [5.41, 5.74) is 0.891. The van der Waals surface area contributed by atoms with Gasteiger partial charge >= 0.3 is 0 Å². The van der Waals surface area contributed by atoms with Gasteiger partial charge in [-0.1, -0.05) is 35.9 Å². The van der Waals surface area contributed by atoms with Crippen LogP contribution < -0.4 is 4.90 Å². The first-order valence-electron chi connectivity index (χ1n) is 8.30. The van der Waals surface area contributed by atoms with Crippen LogP contribution >= 0.6 is 11.6 Å². The van der Waals surface area contributed by atoms with Crippen molar-refractivity contribution in [3.05, 3.63) is 59.2 Å². The molecule has 4 nitrogen and oxygen atoms in total. The zero-order valence-electron chi connectivity index (χ0n) is 13.9. The van der Waals surface area contributed by atoms with Gasteiger partial charge in [-0.25, -0.2) is 4.98 Å². The third-order valence-corrected chi connectivity index (χ3v) is 5.05. The molecule has 0 bridgehead atoms. The normalized spacial score (nSPS) is 15.3. The van der Waals surface area contributed by atoms with E-state index in [1.165, 1.54) is 0 Å². The summed E-state index contributed by atoms with van der Waals surface area (Å²) in [6.07, 6.45) is 4.10. The highest BCUT2D eigenvalue weighted by atomic mass is 35.5. The molecule has 1 aromatic heterocycles. The van der Waals surface area contributed by atoms with Gasteiger partial charge in [-0.2, -0.15) is 0 Å². The Bertz CT molecular complexity index is 684. The zero-order valence-corrected chi connectivity index (χ0v) is 14.6. The minimum atomic E-state index is 0.124. The molecule has 126 valence electrons. The van der Waals surface area contributed by atoms with Crippen LogP contribution in [0, 0.1) is 0 Å². The lowest BCUT2D eigenvalue weighted by Gasteiger charge is -2.37. The Labute approximate surface area is 148 Å². The van der Waals surface area contributed by atoms with Crippen LogP contribution in [0.2, 0.25) is 5.02 Å². The summed E-state index contributed by atoms with van der Waals surface area (Å²) in [4.78, 5) is 21.1. The molecule has 0 N–H and O–H groups in total. The molecule has 0 saturated carbocycles. The first-order valence-corrected chi connectivity index (χ1v) is 8.68. The van der Waals surface area contributed by atoms with E-state index in [9.17, 15) is 4.79 Å². The molecule has 24 heavy (non-hydrogen) atoms. The first kappa shape index (κ1) is 16.8. The lowest BCUT2D eigenvalue weighted by atomic mass is 10.0. The molecule has 1 amide bonds. The fourth-order valence-electron chi connectivity index (χ4n) is 3.16. The van der Waals surface area contributed by atoms with Gasteiger partial charge < -0.3 is 9.80 Å².